The van der Waals surface area contributed by atoms with Gasteiger partial charge in [0.2, 0.25) is 0 Å². The van der Waals surface area contributed by atoms with Gasteiger partial charge >= 0.3 is 12.3 Å². The molecule has 2 aromatic carbocycles. The van der Waals surface area contributed by atoms with Crippen molar-refractivity contribution in [1.29, 1.82) is 0 Å². The van der Waals surface area contributed by atoms with Gasteiger partial charge in [0.25, 0.3) is 5.91 Å². The van der Waals surface area contributed by atoms with Crippen molar-refractivity contribution in [2.75, 3.05) is 5.32 Å². The Hall–Kier alpha value is -2.74. The molecule has 0 spiro atoms. The average Bonchev–Trinajstić information content (AvgIpc) is 2.45. The second kappa shape index (κ2) is 6.79. The fourth-order valence-corrected chi connectivity index (χ4v) is 2.13. The van der Waals surface area contributed by atoms with Gasteiger partial charge in [-0.05, 0) is 30.3 Å². The van der Waals surface area contributed by atoms with Gasteiger partial charge in [-0.1, -0.05) is 23.7 Å². The molecule has 0 saturated carbocycles. The maximum atomic E-state index is 12.2. The van der Waals surface area contributed by atoms with Gasteiger partial charge in [0, 0.05) is 5.56 Å². The van der Waals surface area contributed by atoms with Crippen molar-refractivity contribution in [1.82, 2.24) is 0 Å². The zero-order valence-electron chi connectivity index (χ0n) is 11.7. The van der Waals surface area contributed by atoms with E-state index in [-0.39, 0.29) is 21.8 Å². The summed E-state index contributed by atoms with van der Waals surface area (Å²) in [6, 6.07) is 8.44. The number of hydrogen-bond donors (Lipinski definition) is 2. The number of hydrogen-bond acceptors (Lipinski definition) is 3. The van der Waals surface area contributed by atoms with Crippen LogP contribution in [0.3, 0.4) is 0 Å². The molecule has 0 aliphatic heterocycles. The van der Waals surface area contributed by atoms with E-state index >= 15 is 0 Å². The van der Waals surface area contributed by atoms with E-state index in [9.17, 15) is 22.8 Å². The predicted molar refractivity (Wildman–Crippen MR) is 79.5 cm³/mol. The van der Waals surface area contributed by atoms with Gasteiger partial charge in [0.05, 0.1) is 10.7 Å². The summed E-state index contributed by atoms with van der Waals surface area (Å²) in [6.07, 6.45) is -4.89. The van der Waals surface area contributed by atoms with Gasteiger partial charge in [-0.3, -0.25) is 4.79 Å². The Morgan fingerprint density at radius 1 is 1.12 bits per heavy atom. The van der Waals surface area contributed by atoms with Gasteiger partial charge in [0.15, 0.2) is 0 Å². The largest absolute Gasteiger partial charge is 0.573 e. The molecule has 1 amide bonds. The molecule has 0 bridgehead atoms. The fraction of sp³-hybridized carbons (Fsp3) is 0.0667. The lowest BCUT2D eigenvalue weighted by Gasteiger charge is -2.12. The number of rotatable bonds is 4. The molecule has 2 N–H and O–H groups in total. The molecule has 0 heterocycles. The van der Waals surface area contributed by atoms with E-state index in [1.807, 2.05) is 0 Å². The second-order valence-corrected chi connectivity index (χ2v) is 4.90. The molecule has 24 heavy (non-hydrogen) atoms. The Kier molecular flexibility index (Phi) is 4.99. The highest BCUT2D eigenvalue weighted by Crippen LogP contribution is 2.26. The number of benzene rings is 2. The monoisotopic (exact) mass is 359 g/mol. The number of alkyl halides is 3. The van der Waals surface area contributed by atoms with Crippen LogP contribution in [0.2, 0.25) is 5.02 Å². The number of carbonyl (C=O) groups excluding carboxylic acids is 1. The number of nitrogens with one attached hydrogen (secondary N) is 1. The number of carboxylic acid groups (broad SMARTS) is 1. The molecule has 0 atom stereocenters. The van der Waals surface area contributed by atoms with Crippen molar-refractivity contribution in [3.05, 3.63) is 58.6 Å². The molecule has 0 saturated heterocycles. The maximum Gasteiger partial charge on any atom is 0.573 e. The van der Waals surface area contributed by atoms with E-state index in [1.54, 1.807) is 0 Å². The first-order valence-corrected chi connectivity index (χ1v) is 6.74. The molecule has 5 nitrogen and oxygen atoms in total. The van der Waals surface area contributed by atoms with Crippen molar-refractivity contribution in [2.24, 2.45) is 0 Å². The molecule has 0 aromatic heterocycles. The second-order valence-electron chi connectivity index (χ2n) is 4.50. The molecule has 0 aliphatic carbocycles. The summed E-state index contributed by atoms with van der Waals surface area (Å²) < 4.78 is 40.3. The summed E-state index contributed by atoms with van der Waals surface area (Å²) in [6.45, 7) is 0. The maximum absolute atomic E-state index is 12.2. The van der Waals surface area contributed by atoms with Gasteiger partial charge < -0.3 is 15.2 Å². The summed E-state index contributed by atoms with van der Waals surface area (Å²) >= 11 is 5.77. The molecule has 126 valence electrons. The van der Waals surface area contributed by atoms with Gasteiger partial charge in [-0.15, -0.1) is 13.2 Å². The first-order valence-electron chi connectivity index (χ1n) is 6.36. The number of ether oxygens (including phenoxy) is 1. The zero-order chi connectivity index (χ0) is 17.9. The summed E-state index contributed by atoms with van der Waals surface area (Å²) in [4.78, 5) is 23.3. The number of aromatic carboxylic acids is 1. The van der Waals surface area contributed by atoms with Crippen molar-refractivity contribution in [2.45, 2.75) is 6.36 Å². The molecule has 0 aliphatic rings. The normalized spacial score (nSPS) is 11.0. The summed E-state index contributed by atoms with van der Waals surface area (Å²) in [5.41, 5.74) is -0.551. The number of halogens is 4. The molecule has 9 heteroatoms. The molecule has 0 fully saturated rings. The van der Waals surface area contributed by atoms with Crippen LogP contribution >= 0.6 is 11.6 Å². The van der Waals surface area contributed by atoms with Gasteiger partial charge in [0.1, 0.15) is 11.3 Å². The van der Waals surface area contributed by atoms with Gasteiger partial charge in [-0.25, -0.2) is 4.79 Å². The Morgan fingerprint density at radius 2 is 1.79 bits per heavy atom. The van der Waals surface area contributed by atoms with Crippen LogP contribution in [0.15, 0.2) is 42.5 Å². The first kappa shape index (κ1) is 17.6. The van der Waals surface area contributed by atoms with Crippen LogP contribution in [0.5, 0.6) is 5.75 Å². The van der Waals surface area contributed by atoms with E-state index < -0.39 is 24.0 Å². The number of carbonyl (C=O) groups is 2. The van der Waals surface area contributed by atoms with Crippen molar-refractivity contribution >= 4 is 29.2 Å². The SMILES string of the molecule is O=C(Nc1cccc(Cl)c1C(=O)O)c1cccc(OC(F)(F)F)c1. The lowest BCUT2D eigenvalue weighted by Crippen LogP contribution is -2.18. The van der Waals surface area contributed by atoms with E-state index in [4.69, 9.17) is 16.7 Å². The van der Waals surface area contributed by atoms with E-state index in [2.05, 4.69) is 10.1 Å². The Morgan fingerprint density at radius 3 is 2.42 bits per heavy atom. The van der Waals surface area contributed by atoms with Crippen LogP contribution in [0.1, 0.15) is 20.7 Å². The summed E-state index contributed by atoms with van der Waals surface area (Å²) in [5, 5.41) is 11.3. The van der Waals surface area contributed by atoms with E-state index in [0.29, 0.717) is 0 Å². The minimum atomic E-state index is -4.89. The van der Waals surface area contributed by atoms with E-state index in [0.717, 1.165) is 12.1 Å². The highest BCUT2D eigenvalue weighted by Gasteiger charge is 2.31. The third-order valence-corrected chi connectivity index (χ3v) is 3.12. The summed E-state index contributed by atoms with van der Waals surface area (Å²) in [5.74, 6) is -2.74. The molecular weight excluding hydrogens is 351 g/mol. The standard InChI is InChI=1S/C15H9ClF3NO4/c16-10-5-2-6-11(12(10)14(22)23)20-13(21)8-3-1-4-9(7-8)24-15(17,18)19/h1-7H,(H,20,21)(H,22,23). The average molecular weight is 360 g/mol. The van der Waals surface area contributed by atoms with Crippen LogP contribution in [0.4, 0.5) is 18.9 Å². The highest BCUT2D eigenvalue weighted by atomic mass is 35.5. The van der Waals surface area contributed by atoms with Crippen LogP contribution in [0, 0.1) is 0 Å². The minimum Gasteiger partial charge on any atom is -0.478 e. The minimum absolute atomic E-state index is 0.0813. The summed E-state index contributed by atoms with van der Waals surface area (Å²) in [7, 11) is 0. The molecule has 0 radical (unpaired) electrons. The van der Waals surface area contributed by atoms with Gasteiger partial charge in [-0.2, -0.15) is 0 Å². The number of amides is 1. The molecular formula is C15H9ClF3NO4. The Balaban J connectivity index is 2.27. The quantitative estimate of drug-likeness (QED) is 0.858. The van der Waals surface area contributed by atoms with Crippen molar-refractivity contribution in [3.63, 3.8) is 0 Å². The van der Waals surface area contributed by atoms with Crippen LogP contribution in [0.25, 0.3) is 0 Å². The smallest absolute Gasteiger partial charge is 0.478 e. The van der Waals surface area contributed by atoms with E-state index in [1.165, 1.54) is 30.3 Å². The Bertz CT molecular complexity index is 793. The molecule has 0 unspecified atom stereocenters. The third-order valence-electron chi connectivity index (χ3n) is 2.81. The highest BCUT2D eigenvalue weighted by molar-refractivity contribution is 6.34. The third kappa shape index (κ3) is 4.39. The van der Waals surface area contributed by atoms with Crippen molar-refractivity contribution in [3.8, 4) is 5.75 Å². The van der Waals surface area contributed by atoms with Crippen LogP contribution in [-0.4, -0.2) is 23.3 Å². The lowest BCUT2D eigenvalue weighted by molar-refractivity contribution is -0.274. The van der Waals surface area contributed by atoms with Crippen molar-refractivity contribution < 1.29 is 32.6 Å². The molecule has 2 aromatic rings. The van der Waals surface area contributed by atoms with Crippen LogP contribution < -0.4 is 10.1 Å². The zero-order valence-corrected chi connectivity index (χ0v) is 12.5. The van der Waals surface area contributed by atoms with Crippen LogP contribution in [-0.2, 0) is 0 Å². The first-order chi connectivity index (χ1) is 11.2. The number of anilines is 1. The number of carboxylic acids is 1. The Labute approximate surface area is 138 Å². The topological polar surface area (TPSA) is 75.6 Å². The lowest BCUT2D eigenvalue weighted by atomic mass is 10.1. The fourth-order valence-electron chi connectivity index (χ4n) is 1.87. The predicted octanol–water partition coefficient (Wildman–Crippen LogP) is 4.19. The molecule has 2 rings (SSSR count).